The maximum absolute atomic E-state index is 12.4. The van der Waals surface area contributed by atoms with E-state index in [2.05, 4.69) is 34.7 Å². The number of hydrogen-bond acceptors (Lipinski definition) is 3. The summed E-state index contributed by atoms with van der Waals surface area (Å²) in [6, 6.07) is 23.3. The summed E-state index contributed by atoms with van der Waals surface area (Å²) in [6.07, 6.45) is 1.05. The van der Waals surface area contributed by atoms with Crippen molar-refractivity contribution in [3.63, 3.8) is 0 Å². The van der Waals surface area contributed by atoms with E-state index in [1.807, 2.05) is 60.7 Å². The maximum atomic E-state index is 12.4. The molecule has 5 heteroatoms. The van der Waals surface area contributed by atoms with Gasteiger partial charge in [-0.1, -0.05) is 42.5 Å². The second-order valence-electron chi connectivity index (χ2n) is 7.35. The Morgan fingerprint density at radius 1 is 0.931 bits per heavy atom. The van der Waals surface area contributed by atoms with Crippen molar-refractivity contribution in [2.75, 3.05) is 24.2 Å². The van der Waals surface area contributed by atoms with Gasteiger partial charge in [0.25, 0.3) is 0 Å². The number of nitrogens with one attached hydrogen (secondary N) is 2. The molecule has 0 aliphatic carbocycles. The molecule has 0 radical (unpaired) electrons. The lowest BCUT2D eigenvalue weighted by Gasteiger charge is -2.25. The van der Waals surface area contributed by atoms with Gasteiger partial charge in [0.15, 0.2) is 0 Å². The third kappa shape index (κ3) is 5.15. The third-order valence-electron chi connectivity index (χ3n) is 5.01. The molecule has 0 spiro atoms. The predicted molar refractivity (Wildman–Crippen MR) is 116 cm³/mol. The number of nitrogens with zero attached hydrogens (tertiary/aromatic N) is 1. The highest BCUT2D eigenvalue weighted by Crippen LogP contribution is 2.23. The van der Waals surface area contributed by atoms with Crippen molar-refractivity contribution in [1.29, 1.82) is 0 Å². The zero-order chi connectivity index (χ0) is 20.1. The molecule has 1 aliphatic heterocycles. The number of likely N-dealkylation sites (N-methyl/N-ethyl adjacent to an activating group) is 1. The molecule has 0 fully saturated rings. The van der Waals surface area contributed by atoms with E-state index in [-0.39, 0.29) is 6.03 Å². The molecule has 148 valence electrons. The summed E-state index contributed by atoms with van der Waals surface area (Å²) >= 11 is 0. The van der Waals surface area contributed by atoms with Crippen LogP contribution in [0, 0.1) is 0 Å². The standard InChI is InChI=1S/C24H25N3O2/c1-27-13-12-19-10-11-22(14-20(19)16-27)26-24(28)25-21-8-5-9-23(15-21)29-17-18-6-3-2-4-7-18/h2-11,14-15H,12-13,16-17H2,1H3,(H2,25,26,28). The highest BCUT2D eigenvalue weighted by molar-refractivity contribution is 5.99. The summed E-state index contributed by atoms with van der Waals surface area (Å²) in [5.74, 6) is 0.712. The Hall–Kier alpha value is -3.31. The van der Waals surface area contributed by atoms with E-state index >= 15 is 0 Å². The van der Waals surface area contributed by atoms with Gasteiger partial charge in [0.2, 0.25) is 0 Å². The number of benzene rings is 3. The molecule has 3 aromatic carbocycles. The van der Waals surface area contributed by atoms with E-state index in [0.717, 1.165) is 30.8 Å². The van der Waals surface area contributed by atoms with Crippen molar-refractivity contribution in [3.8, 4) is 5.75 Å². The van der Waals surface area contributed by atoms with Crippen LogP contribution in [0.25, 0.3) is 0 Å². The van der Waals surface area contributed by atoms with Crippen molar-refractivity contribution in [3.05, 3.63) is 89.5 Å². The Kier molecular flexibility index (Phi) is 5.77. The van der Waals surface area contributed by atoms with E-state index in [0.29, 0.717) is 18.0 Å². The molecule has 5 nitrogen and oxygen atoms in total. The average Bonchev–Trinajstić information content (AvgIpc) is 2.73. The summed E-state index contributed by atoms with van der Waals surface area (Å²) in [5.41, 5.74) is 5.21. The van der Waals surface area contributed by atoms with Gasteiger partial charge in [-0.2, -0.15) is 0 Å². The monoisotopic (exact) mass is 387 g/mol. The molecule has 1 heterocycles. The van der Waals surface area contributed by atoms with Crippen LogP contribution in [-0.4, -0.2) is 24.5 Å². The average molecular weight is 387 g/mol. The second kappa shape index (κ2) is 8.80. The second-order valence-corrected chi connectivity index (χ2v) is 7.35. The third-order valence-corrected chi connectivity index (χ3v) is 5.01. The molecule has 0 saturated carbocycles. The molecule has 0 saturated heterocycles. The van der Waals surface area contributed by atoms with E-state index in [1.54, 1.807) is 0 Å². The number of urea groups is 1. The van der Waals surface area contributed by atoms with Gasteiger partial charge < -0.3 is 20.3 Å². The minimum absolute atomic E-state index is 0.269. The highest BCUT2D eigenvalue weighted by Gasteiger charge is 2.14. The minimum atomic E-state index is -0.269. The van der Waals surface area contributed by atoms with Crippen LogP contribution < -0.4 is 15.4 Å². The number of ether oxygens (including phenoxy) is 1. The van der Waals surface area contributed by atoms with Crippen molar-refractivity contribution < 1.29 is 9.53 Å². The van der Waals surface area contributed by atoms with Gasteiger partial charge >= 0.3 is 6.03 Å². The SMILES string of the molecule is CN1CCc2ccc(NC(=O)Nc3cccc(OCc4ccccc4)c3)cc2C1. The first kappa shape index (κ1) is 19.0. The number of fused-ring (bicyclic) bond motifs is 1. The van der Waals surface area contributed by atoms with Crippen LogP contribution in [0.4, 0.5) is 16.2 Å². The van der Waals surface area contributed by atoms with Crippen molar-refractivity contribution >= 4 is 17.4 Å². The molecule has 0 aromatic heterocycles. The molecule has 0 bridgehead atoms. The van der Waals surface area contributed by atoms with Gasteiger partial charge in [-0.05, 0) is 54.4 Å². The van der Waals surface area contributed by atoms with Gasteiger partial charge in [-0.3, -0.25) is 0 Å². The number of rotatable bonds is 5. The van der Waals surface area contributed by atoms with Gasteiger partial charge in [-0.15, -0.1) is 0 Å². The van der Waals surface area contributed by atoms with Gasteiger partial charge in [0.1, 0.15) is 12.4 Å². The van der Waals surface area contributed by atoms with Crippen LogP contribution in [0.5, 0.6) is 5.75 Å². The fraction of sp³-hybridized carbons (Fsp3) is 0.208. The zero-order valence-electron chi connectivity index (χ0n) is 16.5. The quantitative estimate of drug-likeness (QED) is 0.655. The fourth-order valence-corrected chi connectivity index (χ4v) is 3.47. The molecule has 2 N–H and O–H groups in total. The lowest BCUT2D eigenvalue weighted by Crippen LogP contribution is -2.26. The topological polar surface area (TPSA) is 53.6 Å². The lowest BCUT2D eigenvalue weighted by atomic mass is 9.99. The number of carbonyl (C=O) groups is 1. The Morgan fingerprint density at radius 2 is 1.72 bits per heavy atom. The molecular weight excluding hydrogens is 362 g/mol. The minimum Gasteiger partial charge on any atom is -0.489 e. The maximum Gasteiger partial charge on any atom is 0.323 e. The number of hydrogen-bond donors (Lipinski definition) is 2. The van der Waals surface area contributed by atoms with Crippen LogP contribution in [0.15, 0.2) is 72.8 Å². The molecule has 3 aromatic rings. The summed E-state index contributed by atoms with van der Waals surface area (Å²) < 4.78 is 5.83. The smallest absolute Gasteiger partial charge is 0.323 e. The van der Waals surface area contributed by atoms with E-state index in [9.17, 15) is 4.79 Å². The van der Waals surface area contributed by atoms with Crippen molar-refractivity contribution in [1.82, 2.24) is 4.90 Å². The first-order valence-electron chi connectivity index (χ1n) is 9.81. The summed E-state index contributed by atoms with van der Waals surface area (Å²) in [4.78, 5) is 14.7. The predicted octanol–water partition coefficient (Wildman–Crippen LogP) is 4.90. The van der Waals surface area contributed by atoms with Crippen LogP contribution in [0.1, 0.15) is 16.7 Å². The Balaban J connectivity index is 1.35. The van der Waals surface area contributed by atoms with Crippen LogP contribution >= 0.6 is 0 Å². The Labute approximate surface area is 171 Å². The molecule has 2 amide bonds. The number of anilines is 2. The zero-order valence-corrected chi connectivity index (χ0v) is 16.5. The number of carbonyl (C=O) groups excluding carboxylic acids is 1. The van der Waals surface area contributed by atoms with Gasteiger partial charge in [0, 0.05) is 30.5 Å². The van der Waals surface area contributed by atoms with Crippen LogP contribution in [0.2, 0.25) is 0 Å². The Bertz CT molecular complexity index is 988. The molecular formula is C24H25N3O2. The van der Waals surface area contributed by atoms with Crippen molar-refractivity contribution in [2.45, 2.75) is 19.6 Å². The van der Waals surface area contributed by atoms with E-state index in [1.165, 1.54) is 11.1 Å². The van der Waals surface area contributed by atoms with E-state index < -0.39 is 0 Å². The molecule has 29 heavy (non-hydrogen) atoms. The molecule has 4 rings (SSSR count). The van der Waals surface area contributed by atoms with Gasteiger partial charge in [-0.25, -0.2) is 4.79 Å². The van der Waals surface area contributed by atoms with Gasteiger partial charge in [0.05, 0.1) is 0 Å². The first-order valence-corrected chi connectivity index (χ1v) is 9.81. The largest absolute Gasteiger partial charge is 0.489 e. The normalized spacial score (nSPS) is 13.4. The van der Waals surface area contributed by atoms with Crippen LogP contribution in [0.3, 0.4) is 0 Å². The summed E-state index contributed by atoms with van der Waals surface area (Å²) in [7, 11) is 2.11. The van der Waals surface area contributed by atoms with Crippen molar-refractivity contribution in [2.24, 2.45) is 0 Å². The fourth-order valence-electron chi connectivity index (χ4n) is 3.47. The number of amides is 2. The Morgan fingerprint density at radius 3 is 2.55 bits per heavy atom. The molecule has 1 aliphatic rings. The molecule has 0 unspecified atom stereocenters. The summed E-state index contributed by atoms with van der Waals surface area (Å²) in [5, 5.41) is 5.80. The summed E-state index contributed by atoms with van der Waals surface area (Å²) in [6.45, 7) is 2.47. The molecule has 0 atom stereocenters. The lowest BCUT2D eigenvalue weighted by molar-refractivity contribution is 0.262. The highest BCUT2D eigenvalue weighted by atomic mass is 16.5. The van der Waals surface area contributed by atoms with Crippen LogP contribution in [-0.2, 0) is 19.6 Å². The first-order chi connectivity index (χ1) is 14.2. The van der Waals surface area contributed by atoms with E-state index in [4.69, 9.17) is 4.74 Å².